The molecule has 4 N–H and O–H groups in total. The highest BCUT2D eigenvalue weighted by Crippen LogP contribution is 2.24. The van der Waals surface area contributed by atoms with Gasteiger partial charge in [-0.25, -0.2) is 0 Å². The maximum Gasteiger partial charge on any atom is 0.488 e. The molecule has 222 valence electrons. The molecule has 0 unspecified atom stereocenters. The van der Waals surface area contributed by atoms with E-state index in [1.807, 2.05) is 0 Å². The third-order valence-electron chi connectivity index (χ3n) is 7.29. The van der Waals surface area contributed by atoms with Gasteiger partial charge < -0.3 is 30.5 Å². The molecule has 9 nitrogen and oxygen atoms in total. The van der Waals surface area contributed by atoms with Gasteiger partial charge in [-0.2, -0.15) is 13.2 Å². The minimum absolute atomic E-state index is 0.0746. The molecular weight excluding hydrogens is 540 g/mol. The van der Waals surface area contributed by atoms with Gasteiger partial charge in [0.25, 0.3) is 0 Å². The zero-order chi connectivity index (χ0) is 30.2. The molecule has 0 aromatic heterocycles. The number of benzene rings is 2. The van der Waals surface area contributed by atoms with Crippen LogP contribution in [0, 0.1) is 0 Å². The van der Waals surface area contributed by atoms with E-state index in [4.69, 9.17) is 0 Å². The molecule has 1 aliphatic rings. The number of hydrogen-bond donors (Lipinski definition) is 4. The monoisotopic (exact) mass is 576 g/mol. The van der Waals surface area contributed by atoms with Gasteiger partial charge in [0.2, 0.25) is 11.8 Å². The number of alkyl halides is 3. The summed E-state index contributed by atoms with van der Waals surface area (Å²) < 4.78 is 40.5. The fourth-order valence-electron chi connectivity index (χ4n) is 4.82. The summed E-state index contributed by atoms with van der Waals surface area (Å²) in [5, 5.41) is 24.3. The number of nitrogens with zero attached hydrogens (tertiary/aromatic N) is 2. The molecule has 1 fully saturated rings. The van der Waals surface area contributed by atoms with Crippen LogP contribution in [0.3, 0.4) is 0 Å². The zero-order valence-electron chi connectivity index (χ0n) is 23.1. The molecule has 0 spiro atoms. The molecule has 3 rings (SSSR count). The molecule has 3 atom stereocenters. The van der Waals surface area contributed by atoms with E-state index < -0.39 is 49.1 Å². The van der Waals surface area contributed by atoms with E-state index in [2.05, 4.69) is 10.6 Å². The largest absolute Gasteiger partial charge is 0.488 e. The second kappa shape index (κ2) is 14.5. The Bertz CT molecular complexity index is 1170. The summed E-state index contributed by atoms with van der Waals surface area (Å²) in [5.74, 6) is -2.84. The molecule has 1 saturated heterocycles. The van der Waals surface area contributed by atoms with Crippen LogP contribution < -0.4 is 16.1 Å². The number of nitrogens with one attached hydrogen (secondary N) is 2. The average Bonchev–Trinajstić information content (AvgIpc) is 3.42. The summed E-state index contributed by atoms with van der Waals surface area (Å²) in [6.45, 7) is 1.46. The first-order valence-corrected chi connectivity index (χ1v) is 13.5. The van der Waals surface area contributed by atoms with Crippen molar-refractivity contribution in [1.29, 1.82) is 0 Å². The van der Waals surface area contributed by atoms with Gasteiger partial charge in [0.1, 0.15) is 6.04 Å². The van der Waals surface area contributed by atoms with E-state index in [0.717, 1.165) is 10.5 Å². The topological polar surface area (TPSA) is 122 Å². The molecule has 0 saturated carbocycles. The molecule has 3 amide bonds. The van der Waals surface area contributed by atoms with Gasteiger partial charge in [-0.05, 0) is 49.8 Å². The molecule has 0 bridgehead atoms. The molecule has 2 aromatic carbocycles. The number of rotatable bonds is 12. The minimum atomic E-state index is -5.06. The second-order valence-electron chi connectivity index (χ2n) is 10.2. The van der Waals surface area contributed by atoms with E-state index in [0.29, 0.717) is 18.4 Å². The Morgan fingerprint density at radius 3 is 2.32 bits per heavy atom. The number of carbonyl (C=O) groups excluding carboxylic acids is 3. The Morgan fingerprint density at radius 1 is 1.07 bits per heavy atom. The maximum atomic E-state index is 13.8. The second-order valence-corrected chi connectivity index (χ2v) is 10.2. The van der Waals surface area contributed by atoms with Gasteiger partial charge in [0, 0.05) is 32.1 Å². The Kier molecular flexibility index (Phi) is 11.3. The highest BCUT2D eigenvalue weighted by atomic mass is 19.4. The van der Waals surface area contributed by atoms with Crippen LogP contribution >= 0.6 is 0 Å². The van der Waals surface area contributed by atoms with Crippen LogP contribution in [0.2, 0.25) is 0 Å². The summed E-state index contributed by atoms with van der Waals surface area (Å²) in [5.41, 5.74) is 1.68. The highest BCUT2D eigenvalue weighted by molar-refractivity contribution is 6.58. The van der Waals surface area contributed by atoms with Crippen molar-refractivity contribution in [3.63, 3.8) is 0 Å². The van der Waals surface area contributed by atoms with Crippen LogP contribution in [-0.4, -0.2) is 95.7 Å². The summed E-state index contributed by atoms with van der Waals surface area (Å²) in [7, 11) is -0.0645. The van der Waals surface area contributed by atoms with Crippen molar-refractivity contribution in [2.45, 2.75) is 56.9 Å². The lowest BCUT2D eigenvalue weighted by Gasteiger charge is -2.34. The predicted molar refractivity (Wildman–Crippen MR) is 148 cm³/mol. The first kappa shape index (κ1) is 32.1. The van der Waals surface area contributed by atoms with Crippen LogP contribution in [0.4, 0.5) is 13.2 Å². The Morgan fingerprint density at radius 2 is 1.73 bits per heavy atom. The van der Waals surface area contributed by atoms with Crippen molar-refractivity contribution in [2.24, 2.45) is 0 Å². The van der Waals surface area contributed by atoms with Gasteiger partial charge in [-0.15, -0.1) is 0 Å². The lowest BCUT2D eigenvalue weighted by Crippen LogP contribution is -2.56. The minimum Gasteiger partial charge on any atom is -0.423 e. The average molecular weight is 576 g/mol. The molecule has 13 heteroatoms. The van der Waals surface area contributed by atoms with Crippen molar-refractivity contribution < 1.29 is 37.6 Å². The molecule has 1 heterocycles. The van der Waals surface area contributed by atoms with E-state index in [1.165, 1.54) is 17.0 Å². The Balaban J connectivity index is 1.81. The quantitative estimate of drug-likeness (QED) is 0.275. The molecular formula is C28H36BF3N4O5. The number of amides is 3. The van der Waals surface area contributed by atoms with Crippen LogP contribution in [0.15, 0.2) is 54.6 Å². The Labute approximate surface area is 237 Å². The zero-order valence-corrected chi connectivity index (χ0v) is 23.1. The number of likely N-dealkylation sites (tertiary alicyclic amines) is 1. The summed E-state index contributed by atoms with van der Waals surface area (Å²) >= 11 is 0. The number of halogens is 3. The molecule has 0 radical (unpaired) electrons. The fourth-order valence-corrected chi connectivity index (χ4v) is 4.82. The van der Waals surface area contributed by atoms with Crippen molar-refractivity contribution in [1.82, 2.24) is 20.4 Å². The first-order chi connectivity index (χ1) is 19.4. The molecule has 2 aromatic rings. The number of hydrogen-bond acceptors (Lipinski definition) is 6. The lowest BCUT2D eigenvalue weighted by atomic mass is 9.80. The van der Waals surface area contributed by atoms with Crippen molar-refractivity contribution in [3.8, 4) is 0 Å². The highest BCUT2D eigenvalue weighted by Gasteiger charge is 2.44. The third-order valence-corrected chi connectivity index (χ3v) is 7.29. The van der Waals surface area contributed by atoms with Crippen molar-refractivity contribution in [2.75, 3.05) is 26.7 Å². The predicted octanol–water partition coefficient (Wildman–Crippen LogP) is 0.626. The SMILES string of the molecule is CN[C@@H](C)C(=O)N[C@@H](Cc1ccc(B(O)O)cc1)C(=O)N1CCC[C@H]1CN(CCc1ccccc1)C(=O)C(F)(F)F. The third kappa shape index (κ3) is 9.04. The number of carbonyl (C=O) groups is 3. The standard InChI is InChI=1S/C28H36BF3N4O5/c1-19(33-2)25(37)34-24(17-21-10-12-22(13-11-21)29(40)41)26(38)36-15-6-9-23(36)18-35(27(39)28(30,31)32)16-14-20-7-4-3-5-8-20/h3-5,7-8,10-13,19,23-24,33,40-41H,6,9,14-18H2,1-2H3,(H,34,37)/t19-,23-,24-/m0/s1. The molecule has 0 aliphatic carbocycles. The first-order valence-electron chi connectivity index (χ1n) is 13.5. The van der Waals surface area contributed by atoms with Crippen LogP contribution in [-0.2, 0) is 27.2 Å². The molecule has 41 heavy (non-hydrogen) atoms. The van der Waals surface area contributed by atoms with E-state index in [-0.39, 0.29) is 37.9 Å². The summed E-state index contributed by atoms with van der Waals surface area (Å²) in [4.78, 5) is 41.1. The van der Waals surface area contributed by atoms with Gasteiger partial charge in [0.05, 0.1) is 6.04 Å². The van der Waals surface area contributed by atoms with Gasteiger partial charge >= 0.3 is 19.2 Å². The van der Waals surface area contributed by atoms with Gasteiger partial charge in [-0.3, -0.25) is 14.4 Å². The summed E-state index contributed by atoms with van der Waals surface area (Å²) in [6, 6.07) is 12.8. The van der Waals surface area contributed by atoms with Gasteiger partial charge in [0.15, 0.2) is 0 Å². The van der Waals surface area contributed by atoms with E-state index >= 15 is 0 Å². The normalized spacial score (nSPS) is 16.7. The van der Waals surface area contributed by atoms with E-state index in [1.54, 1.807) is 56.4 Å². The summed E-state index contributed by atoms with van der Waals surface area (Å²) in [6.07, 6.45) is -3.80. The maximum absolute atomic E-state index is 13.8. The van der Waals surface area contributed by atoms with Crippen molar-refractivity contribution >= 4 is 30.3 Å². The van der Waals surface area contributed by atoms with Crippen molar-refractivity contribution in [3.05, 3.63) is 65.7 Å². The van der Waals surface area contributed by atoms with Crippen LogP contribution in [0.5, 0.6) is 0 Å². The smallest absolute Gasteiger partial charge is 0.423 e. The van der Waals surface area contributed by atoms with Crippen LogP contribution in [0.1, 0.15) is 30.9 Å². The van der Waals surface area contributed by atoms with Crippen LogP contribution in [0.25, 0.3) is 0 Å². The number of likely N-dealkylation sites (N-methyl/N-ethyl adjacent to an activating group) is 1. The lowest BCUT2D eigenvalue weighted by molar-refractivity contribution is -0.186. The fraction of sp³-hybridized carbons (Fsp3) is 0.464. The van der Waals surface area contributed by atoms with E-state index in [9.17, 15) is 37.6 Å². The molecule has 1 aliphatic heterocycles. The van der Waals surface area contributed by atoms with Gasteiger partial charge in [-0.1, -0.05) is 54.6 Å². The Hall–Kier alpha value is -3.42.